The van der Waals surface area contributed by atoms with Crippen LogP contribution in [0.2, 0.25) is 0 Å². The Morgan fingerprint density at radius 1 is 1.38 bits per heavy atom. The van der Waals surface area contributed by atoms with E-state index in [0.717, 1.165) is 17.9 Å². The lowest BCUT2D eigenvalue weighted by atomic mass is 10.1. The van der Waals surface area contributed by atoms with E-state index in [0.29, 0.717) is 13.0 Å². The normalized spacial score (nSPS) is 13.4. The number of benzene rings is 1. The quantitative estimate of drug-likeness (QED) is 0.724. The number of urea groups is 1. The van der Waals surface area contributed by atoms with Gasteiger partial charge in [0.15, 0.2) is 0 Å². The zero-order chi connectivity index (χ0) is 15.8. The van der Waals surface area contributed by atoms with Crippen molar-refractivity contribution in [3.8, 4) is 0 Å². The molecule has 0 aliphatic heterocycles. The van der Waals surface area contributed by atoms with Crippen molar-refractivity contribution in [1.82, 2.24) is 5.32 Å². The molecule has 1 aromatic rings. The second-order valence-corrected chi connectivity index (χ2v) is 5.59. The Bertz CT molecular complexity index is 449. The van der Waals surface area contributed by atoms with Crippen molar-refractivity contribution in [3.63, 3.8) is 0 Å². The Hall–Kier alpha value is -1.75. The average molecular weight is 293 g/mol. The lowest BCUT2D eigenvalue weighted by Gasteiger charge is -2.18. The number of aliphatic hydroxyl groups excluding tert-OH is 1. The van der Waals surface area contributed by atoms with E-state index >= 15 is 0 Å². The minimum atomic E-state index is -0.342. The van der Waals surface area contributed by atoms with Crippen LogP contribution >= 0.6 is 0 Å². The Labute approximate surface area is 127 Å². The Morgan fingerprint density at radius 3 is 2.71 bits per heavy atom. The van der Waals surface area contributed by atoms with Gasteiger partial charge in [-0.25, -0.2) is 4.79 Å². The van der Waals surface area contributed by atoms with Crippen LogP contribution < -0.4 is 15.5 Å². The molecule has 0 aliphatic carbocycles. The molecule has 0 saturated carbocycles. The van der Waals surface area contributed by atoms with E-state index in [1.54, 1.807) is 6.92 Å². The van der Waals surface area contributed by atoms with Gasteiger partial charge in [-0.3, -0.25) is 0 Å². The first-order valence-corrected chi connectivity index (χ1v) is 7.46. The van der Waals surface area contributed by atoms with Crippen LogP contribution in [0, 0.1) is 5.92 Å². The number of hydrogen-bond donors (Lipinski definition) is 3. The van der Waals surface area contributed by atoms with Gasteiger partial charge in [0.1, 0.15) is 0 Å². The second kappa shape index (κ2) is 8.52. The third kappa shape index (κ3) is 6.49. The number of aliphatic hydroxyl groups is 1. The van der Waals surface area contributed by atoms with Crippen molar-refractivity contribution in [2.75, 3.05) is 30.4 Å². The molecule has 0 fully saturated rings. The van der Waals surface area contributed by atoms with E-state index in [2.05, 4.69) is 22.5 Å². The van der Waals surface area contributed by atoms with Gasteiger partial charge in [0.05, 0.1) is 6.10 Å². The molecule has 0 radical (unpaired) electrons. The van der Waals surface area contributed by atoms with Crippen LogP contribution in [0.4, 0.5) is 16.2 Å². The second-order valence-electron chi connectivity index (χ2n) is 5.59. The molecule has 0 bridgehead atoms. The molecule has 0 spiro atoms. The van der Waals surface area contributed by atoms with Gasteiger partial charge in [0.25, 0.3) is 0 Å². The maximum absolute atomic E-state index is 11.9. The van der Waals surface area contributed by atoms with Crippen molar-refractivity contribution in [1.29, 1.82) is 0 Å². The molecule has 0 aromatic heterocycles. The summed E-state index contributed by atoms with van der Waals surface area (Å²) in [7, 11) is 2.01. The molecule has 5 heteroatoms. The van der Waals surface area contributed by atoms with Gasteiger partial charge in [-0.1, -0.05) is 13.0 Å². The Balaban J connectivity index is 2.48. The number of nitrogens with zero attached hydrogens (tertiary/aromatic N) is 1. The van der Waals surface area contributed by atoms with Gasteiger partial charge in [0, 0.05) is 31.5 Å². The van der Waals surface area contributed by atoms with Gasteiger partial charge in [-0.15, -0.1) is 0 Å². The summed E-state index contributed by atoms with van der Waals surface area (Å²) in [6.07, 6.45) is 0.336. The first-order valence-electron chi connectivity index (χ1n) is 7.46. The molecular weight excluding hydrogens is 266 g/mol. The fourth-order valence-electron chi connectivity index (χ4n) is 2.11. The fraction of sp³-hybridized carbons (Fsp3) is 0.562. The van der Waals surface area contributed by atoms with E-state index in [1.165, 1.54) is 0 Å². The monoisotopic (exact) mass is 293 g/mol. The van der Waals surface area contributed by atoms with Gasteiger partial charge in [0.2, 0.25) is 0 Å². The first kappa shape index (κ1) is 17.3. The summed E-state index contributed by atoms with van der Waals surface area (Å²) in [5.74, 6) is 0.244. The van der Waals surface area contributed by atoms with Crippen molar-refractivity contribution in [3.05, 3.63) is 24.3 Å². The minimum Gasteiger partial charge on any atom is -0.393 e. The number of anilines is 2. The SMILES string of the molecule is CCN(C)c1cccc(NC(=O)NC[C@H](C)C[C@H](C)O)c1. The van der Waals surface area contributed by atoms with Crippen LogP contribution in [0.1, 0.15) is 27.2 Å². The Kier molecular flexibility index (Phi) is 7.02. The molecule has 0 heterocycles. The molecule has 1 rings (SSSR count). The van der Waals surface area contributed by atoms with Crippen LogP contribution in [0.5, 0.6) is 0 Å². The third-order valence-corrected chi connectivity index (χ3v) is 3.37. The van der Waals surface area contributed by atoms with Crippen LogP contribution in [0.15, 0.2) is 24.3 Å². The van der Waals surface area contributed by atoms with E-state index in [4.69, 9.17) is 0 Å². The van der Waals surface area contributed by atoms with E-state index in [-0.39, 0.29) is 18.1 Å². The van der Waals surface area contributed by atoms with E-state index in [9.17, 15) is 9.90 Å². The molecular formula is C16H27N3O2. The zero-order valence-corrected chi connectivity index (χ0v) is 13.4. The molecule has 0 aliphatic rings. The molecule has 21 heavy (non-hydrogen) atoms. The van der Waals surface area contributed by atoms with Gasteiger partial charge < -0.3 is 20.6 Å². The smallest absolute Gasteiger partial charge is 0.319 e. The van der Waals surface area contributed by atoms with E-state index in [1.807, 2.05) is 38.2 Å². The maximum atomic E-state index is 11.9. The van der Waals surface area contributed by atoms with Gasteiger partial charge in [-0.05, 0) is 44.4 Å². The summed E-state index contributed by atoms with van der Waals surface area (Å²) in [5.41, 5.74) is 1.84. The lowest BCUT2D eigenvalue weighted by molar-refractivity contribution is 0.163. The van der Waals surface area contributed by atoms with Crippen LogP contribution in [-0.4, -0.2) is 37.4 Å². The zero-order valence-electron chi connectivity index (χ0n) is 13.4. The standard InChI is InChI=1S/C16H27N3O2/c1-5-19(4)15-8-6-7-14(10-15)18-16(21)17-11-12(2)9-13(3)20/h6-8,10,12-13,20H,5,9,11H2,1-4H3,(H2,17,18,21)/t12-,13+/m1/s1. The third-order valence-electron chi connectivity index (χ3n) is 3.37. The summed E-state index contributed by atoms with van der Waals surface area (Å²) >= 11 is 0. The largest absolute Gasteiger partial charge is 0.393 e. The van der Waals surface area contributed by atoms with Gasteiger partial charge in [-0.2, -0.15) is 0 Å². The first-order chi connectivity index (χ1) is 9.92. The molecule has 3 N–H and O–H groups in total. The maximum Gasteiger partial charge on any atom is 0.319 e. The average Bonchev–Trinajstić information content (AvgIpc) is 2.44. The van der Waals surface area contributed by atoms with Crippen LogP contribution in [-0.2, 0) is 0 Å². The molecule has 1 aromatic carbocycles. The lowest BCUT2D eigenvalue weighted by Crippen LogP contribution is -2.33. The van der Waals surface area contributed by atoms with Crippen LogP contribution in [0.3, 0.4) is 0 Å². The number of nitrogens with one attached hydrogen (secondary N) is 2. The highest BCUT2D eigenvalue weighted by molar-refractivity contribution is 5.89. The highest BCUT2D eigenvalue weighted by Gasteiger charge is 2.09. The number of carbonyl (C=O) groups is 1. The number of carbonyl (C=O) groups excluding carboxylic acids is 1. The Morgan fingerprint density at radius 2 is 2.10 bits per heavy atom. The predicted octanol–water partition coefficient (Wildman–Crippen LogP) is 2.67. The fourth-order valence-corrected chi connectivity index (χ4v) is 2.11. The molecule has 2 atom stereocenters. The predicted molar refractivity (Wildman–Crippen MR) is 87.9 cm³/mol. The summed E-state index contributed by atoms with van der Waals surface area (Å²) < 4.78 is 0. The highest BCUT2D eigenvalue weighted by atomic mass is 16.3. The molecule has 118 valence electrons. The molecule has 0 saturated heterocycles. The van der Waals surface area contributed by atoms with Crippen molar-refractivity contribution < 1.29 is 9.90 Å². The van der Waals surface area contributed by atoms with E-state index < -0.39 is 0 Å². The van der Waals surface area contributed by atoms with Crippen LogP contribution in [0.25, 0.3) is 0 Å². The minimum absolute atomic E-state index is 0.219. The number of rotatable bonds is 7. The summed E-state index contributed by atoms with van der Waals surface area (Å²) in [6, 6.07) is 7.53. The highest BCUT2D eigenvalue weighted by Crippen LogP contribution is 2.18. The summed E-state index contributed by atoms with van der Waals surface area (Å²) in [5, 5.41) is 15.0. The number of hydrogen-bond acceptors (Lipinski definition) is 3. The van der Waals surface area contributed by atoms with Crippen molar-refractivity contribution in [2.24, 2.45) is 5.92 Å². The molecule has 2 amide bonds. The molecule has 0 unspecified atom stereocenters. The summed E-state index contributed by atoms with van der Waals surface area (Å²) in [6.45, 7) is 7.30. The van der Waals surface area contributed by atoms with Gasteiger partial charge >= 0.3 is 6.03 Å². The molecule has 5 nitrogen and oxygen atoms in total. The topological polar surface area (TPSA) is 64.6 Å². The van der Waals surface area contributed by atoms with Crippen molar-refractivity contribution in [2.45, 2.75) is 33.3 Å². The number of amides is 2. The van der Waals surface area contributed by atoms with Crippen molar-refractivity contribution >= 4 is 17.4 Å². The summed E-state index contributed by atoms with van der Waals surface area (Å²) in [4.78, 5) is 14.0.